The summed E-state index contributed by atoms with van der Waals surface area (Å²) >= 11 is 1.56. The van der Waals surface area contributed by atoms with E-state index >= 15 is 0 Å². The van der Waals surface area contributed by atoms with Crippen LogP contribution in [0.5, 0.6) is 5.75 Å². The SMILES string of the molecule is CCCc1sc(NC(=O)Cc2ccc(OC)c(C)c2)nc1-c1ccc(-c2ccccc2)cc1. The van der Waals surface area contributed by atoms with E-state index in [9.17, 15) is 4.79 Å². The van der Waals surface area contributed by atoms with Crippen LogP contribution in [0.3, 0.4) is 0 Å². The zero-order valence-electron chi connectivity index (χ0n) is 19.2. The van der Waals surface area contributed by atoms with Crippen LogP contribution in [-0.2, 0) is 17.6 Å². The predicted octanol–water partition coefficient (Wildman–Crippen LogP) is 6.93. The molecule has 33 heavy (non-hydrogen) atoms. The Balaban J connectivity index is 1.51. The first-order chi connectivity index (χ1) is 16.1. The number of carbonyl (C=O) groups is 1. The normalized spacial score (nSPS) is 10.8. The summed E-state index contributed by atoms with van der Waals surface area (Å²) in [6.07, 6.45) is 2.26. The molecule has 1 aromatic heterocycles. The molecule has 0 unspecified atom stereocenters. The molecule has 0 aliphatic carbocycles. The van der Waals surface area contributed by atoms with Crippen LogP contribution in [-0.4, -0.2) is 18.0 Å². The maximum Gasteiger partial charge on any atom is 0.230 e. The van der Waals surface area contributed by atoms with E-state index in [1.54, 1.807) is 18.4 Å². The van der Waals surface area contributed by atoms with E-state index in [4.69, 9.17) is 9.72 Å². The lowest BCUT2D eigenvalue weighted by Crippen LogP contribution is -2.14. The Bertz CT molecular complexity index is 1230. The number of aryl methyl sites for hydroxylation is 2. The molecule has 1 amide bonds. The summed E-state index contributed by atoms with van der Waals surface area (Å²) in [5.74, 6) is 0.758. The molecule has 0 saturated heterocycles. The molecule has 4 nitrogen and oxygen atoms in total. The molecule has 1 N–H and O–H groups in total. The van der Waals surface area contributed by atoms with Gasteiger partial charge in [-0.15, -0.1) is 11.3 Å². The Hall–Kier alpha value is -3.44. The molecule has 0 atom stereocenters. The molecule has 0 fully saturated rings. The molecule has 0 aliphatic rings. The molecule has 0 saturated carbocycles. The van der Waals surface area contributed by atoms with Crippen LogP contribution in [0.4, 0.5) is 5.13 Å². The monoisotopic (exact) mass is 456 g/mol. The molecule has 1 heterocycles. The molecule has 0 bridgehead atoms. The number of nitrogens with zero attached hydrogens (tertiary/aromatic N) is 1. The van der Waals surface area contributed by atoms with Gasteiger partial charge in [0.05, 0.1) is 19.2 Å². The van der Waals surface area contributed by atoms with Crippen molar-refractivity contribution in [3.05, 3.63) is 88.8 Å². The van der Waals surface area contributed by atoms with Gasteiger partial charge in [-0.25, -0.2) is 4.98 Å². The van der Waals surface area contributed by atoms with Gasteiger partial charge in [0, 0.05) is 10.4 Å². The first-order valence-corrected chi connectivity index (χ1v) is 12.0. The number of anilines is 1. The summed E-state index contributed by atoms with van der Waals surface area (Å²) in [6.45, 7) is 4.14. The van der Waals surface area contributed by atoms with Crippen LogP contribution in [0.25, 0.3) is 22.4 Å². The van der Waals surface area contributed by atoms with E-state index < -0.39 is 0 Å². The summed E-state index contributed by atoms with van der Waals surface area (Å²) < 4.78 is 5.31. The van der Waals surface area contributed by atoms with Gasteiger partial charge in [-0.1, -0.05) is 80.1 Å². The number of ether oxygens (including phenoxy) is 1. The highest BCUT2D eigenvalue weighted by Gasteiger charge is 2.15. The van der Waals surface area contributed by atoms with Crippen molar-refractivity contribution < 1.29 is 9.53 Å². The summed E-state index contributed by atoms with van der Waals surface area (Å²) in [7, 11) is 1.65. The maximum absolute atomic E-state index is 12.7. The van der Waals surface area contributed by atoms with Gasteiger partial charge in [0.2, 0.25) is 5.91 Å². The second-order valence-electron chi connectivity index (χ2n) is 8.01. The fourth-order valence-electron chi connectivity index (χ4n) is 3.88. The standard InChI is InChI=1S/C28H28N2O2S/c1-4-8-25-27(23-14-12-22(13-15-23)21-9-6-5-7-10-21)30-28(33-25)29-26(31)18-20-11-16-24(32-3)19(2)17-20/h5-7,9-17H,4,8,18H2,1-3H3,(H,29,30,31). The number of hydrogen-bond acceptors (Lipinski definition) is 4. The number of nitrogens with one attached hydrogen (secondary N) is 1. The van der Waals surface area contributed by atoms with Crippen molar-refractivity contribution >= 4 is 22.4 Å². The van der Waals surface area contributed by atoms with Crippen molar-refractivity contribution in [3.8, 4) is 28.1 Å². The van der Waals surface area contributed by atoms with E-state index in [-0.39, 0.29) is 5.91 Å². The highest BCUT2D eigenvalue weighted by Crippen LogP contribution is 2.33. The fourth-order valence-corrected chi connectivity index (χ4v) is 4.98. The van der Waals surface area contributed by atoms with Crippen molar-refractivity contribution in [1.82, 2.24) is 4.98 Å². The fraction of sp³-hybridized carbons (Fsp3) is 0.214. The van der Waals surface area contributed by atoms with E-state index in [2.05, 4.69) is 48.6 Å². The number of aromatic nitrogens is 1. The average molecular weight is 457 g/mol. The molecular formula is C28H28N2O2S. The summed E-state index contributed by atoms with van der Waals surface area (Å²) in [5, 5.41) is 3.65. The molecule has 168 valence electrons. The van der Waals surface area contributed by atoms with Gasteiger partial charge < -0.3 is 10.1 Å². The van der Waals surface area contributed by atoms with Gasteiger partial charge in [0.15, 0.2) is 5.13 Å². The Labute approximate surface area is 199 Å². The number of hydrogen-bond donors (Lipinski definition) is 1. The Morgan fingerprint density at radius 1 is 0.970 bits per heavy atom. The van der Waals surface area contributed by atoms with Gasteiger partial charge in [0.1, 0.15) is 5.75 Å². The first kappa shape index (κ1) is 22.7. The van der Waals surface area contributed by atoms with Crippen LogP contribution in [0.1, 0.15) is 29.3 Å². The minimum absolute atomic E-state index is 0.0673. The molecule has 5 heteroatoms. The third kappa shape index (κ3) is 5.49. The Morgan fingerprint density at radius 2 is 1.67 bits per heavy atom. The maximum atomic E-state index is 12.7. The van der Waals surface area contributed by atoms with Gasteiger partial charge in [-0.05, 0) is 41.7 Å². The Kier molecular flexibility index (Phi) is 7.20. The number of methoxy groups -OCH3 is 1. The van der Waals surface area contributed by atoms with Crippen molar-refractivity contribution in [1.29, 1.82) is 0 Å². The number of rotatable bonds is 8. The van der Waals surface area contributed by atoms with E-state index in [1.165, 1.54) is 16.0 Å². The van der Waals surface area contributed by atoms with Crippen molar-refractivity contribution in [2.75, 3.05) is 12.4 Å². The molecular weight excluding hydrogens is 428 g/mol. The van der Waals surface area contributed by atoms with Crippen LogP contribution in [0.2, 0.25) is 0 Å². The van der Waals surface area contributed by atoms with E-state index in [0.29, 0.717) is 11.6 Å². The second-order valence-corrected chi connectivity index (χ2v) is 9.10. The van der Waals surface area contributed by atoms with Crippen molar-refractivity contribution in [2.24, 2.45) is 0 Å². The molecule has 4 rings (SSSR count). The zero-order chi connectivity index (χ0) is 23.2. The number of amides is 1. The minimum Gasteiger partial charge on any atom is -0.496 e. The smallest absolute Gasteiger partial charge is 0.230 e. The molecule has 4 aromatic rings. The summed E-state index contributed by atoms with van der Waals surface area (Å²) in [6, 6.07) is 24.6. The van der Waals surface area contributed by atoms with Gasteiger partial charge in [-0.3, -0.25) is 4.79 Å². The lowest BCUT2D eigenvalue weighted by atomic mass is 10.0. The highest BCUT2D eigenvalue weighted by atomic mass is 32.1. The third-order valence-electron chi connectivity index (χ3n) is 5.51. The van der Waals surface area contributed by atoms with Crippen LogP contribution >= 0.6 is 11.3 Å². The van der Waals surface area contributed by atoms with Gasteiger partial charge in [-0.2, -0.15) is 0 Å². The topological polar surface area (TPSA) is 51.2 Å². The van der Waals surface area contributed by atoms with E-state index in [0.717, 1.165) is 41.0 Å². The van der Waals surface area contributed by atoms with Crippen LogP contribution in [0.15, 0.2) is 72.8 Å². The van der Waals surface area contributed by atoms with E-state index in [1.807, 2.05) is 43.3 Å². The average Bonchev–Trinajstić information content (AvgIpc) is 3.22. The van der Waals surface area contributed by atoms with Gasteiger partial charge >= 0.3 is 0 Å². The molecule has 0 radical (unpaired) electrons. The highest BCUT2D eigenvalue weighted by molar-refractivity contribution is 7.16. The number of carbonyl (C=O) groups excluding carboxylic acids is 1. The lowest BCUT2D eigenvalue weighted by Gasteiger charge is -2.07. The molecule has 3 aromatic carbocycles. The van der Waals surface area contributed by atoms with Crippen molar-refractivity contribution in [2.45, 2.75) is 33.1 Å². The number of benzene rings is 3. The quantitative estimate of drug-likeness (QED) is 0.313. The summed E-state index contributed by atoms with van der Waals surface area (Å²) in [4.78, 5) is 18.7. The first-order valence-electron chi connectivity index (χ1n) is 11.2. The molecule has 0 aliphatic heterocycles. The summed E-state index contributed by atoms with van der Waals surface area (Å²) in [5.41, 5.74) is 6.36. The van der Waals surface area contributed by atoms with Gasteiger partial charge in [0.25, 0.3) is 0 Å². The van der Waals surface area contributed by atoms with Crippen molar-refractivity contribution in [3.63, 3.8) is 0 Å². The Morgan fingerprint density at radius 3 is 2.33 bits per heavy atom. The third-order valence-corrected chi connectivity index (χ3v) is 6.54. The van der Waals surface area contributed by atoms with Crippen LogP contribution < -0.4 is 10.1 Å². The lowest BCUT2D eigenvalue weighted by molar-refractivity contribution is -0.115. The number of thiazole rings is 1. The predicted molar refractivity (Wildman–Crippen MR) is 137 cm³/mol. The largest absolute Gasteiger partial charge is 0.496 e. The van der Waals surface area contributed by atoms with Crippen LogP contribution in [0, 0.1) is 6.92 Å². The molecule has 0 spiro atoms. The minimum atomic E-state index is -0.0673. The second kappa shape index (κ2) is 10.5. The zero-order valence-corrected chi connectivity index (χ0v) is 20.0.